The highest BCUT2D eigenvalue weighted by molar-refractivity contribution is 5.85. The fourth-order valence-corrected chi connectivity index (χ4v) is 1.63. The number of halogens is 1. The SMILES string of the molecule is C=CC(Cc1ccc(CC)cc1)N(C)C.Cl. The van der Waals surface area contributed by atoms with Crippen LogP contribution < -0.4 is 0 Å². The summed E-state index contributed by atoms with van der Waals surface area (Å²) >= 11 is 0. The van der Waals surface area contributed by atoms with E-state index in [-0.39, 0.29) is 12.4 Å². The Bertz CT molecular complexity index is 303. The molecule has 0 saturated carbocycles. The lowest BCUT2D eigenvalue weighted by atomic mass is 10.0. The van der Waals surface area contributed by atoms with E-state index in [0.29, 0.717) is 6.04 Å². The Balaban J connectivity index is 0.00000225. The van der Waals surface area contributed by atoms with Gasteiger partial charge in [-0.2, -0.15) is 0 Å². The Hall–Kier alpha value is -0.790. The smallest absolute Gasteiger partial charge is 0.0309 e. The van der Waals surface area contributed by atoms with Crippen LogP contribution in [0.2, 0.25) is 0 Å². The van der Waals surface area contributed by atoms with Gasteiger partial charge in [-0.15, -0.1) is 19.0 Å². The summed E-state index contributed by atoms with van der Waals surface area (Å²) in [5, 5.41) is 0. The second-order valence-electron chi connectivity index (χ2n) is 4.14. The average Bonchev–Trinajstić information content (AvgIpc) is 2.26. The van der Waals surface area contributed by atoms with Crippen LogP contribution >= 0.6 is 12.4 Å². The molecular weight excluding hydrogens is 218 g/mol. The zero-order chi connectivity index (χ0) is 11.3. The Kier molecular flexibility index (Phi) is 7.11. The summed E-state index contributed by atoms with van der Waals surface area (Å²) in [5.41, 5.74) is 2.78. The van der Waals surface area contributed by atoms with E-state index in [4.69, 9.17) is 0 Å². The highest BCUT2D eigenvalue weighted by Crippen LogP contribution is 2.10. The molecule has 0 aromatic heterocycles. The van der Waals surface area contributed by atoms with E-state index in [9.17, 15) is 0 Å². The van der Waals surface area contributed by atoms with Gasteiger partial charge in [0.1, 0.15) is 0 Å². The number of benzene rings is 1. The van der Waals surface area contributed by atoms with Crippen molar-refractivity contribution in [1.82, 2.24) is 4.90 Å². The van der Waals surface area contributed by atoms with Crippen molar-refractivity contribution in [3.8, 4) is 0 Å². The van der Waals surface area contributed by atoms with E-state index in [2.05, 4.69) is 56.8 Å². The molecule has 0 bridgehead atoms. The van der Waals surface area contributed by atoms with Crippen LogP contribution in [0.15, 0.2) is 36.9 Å². The summed E-state index contributed by atoms with van der Waals surface area (Å²) in [6.45, 7) is 6.05. The second kappa shape index (κ2) is 7.48. The first-order valence-corrected chi connectivity index (χ1v) is 5.54. The van der Waals surface area contributed by atoms with Gasteiger partial charge in [-0.05, 0) is 38.1 Å². The maximum absolute atomic E-state index is 3.87. The largest absolute Gasteiger partial charge is 0.303 e. The summed E-state index contributed by atoms with van der Waals surface area (Å²) in [7, 11) is 4.18. The molecule has 0 fully saturated rings. The lowest BCUT2D eigenvalue weighted by Gasteiger charge is -2.20. The third-order valence-electron chi connectivity index (χ3n) is 2.81. The predicted molar refractivity (Wildman–Crippen MR) is 74.4 cm³/mol. The van der Waals surface area contributed by atoms with Crippen molar-refractivity contribution in [1.29, 1.82) is 0 Å². The number of nitrogens with zero attached hydrogens (tertiary/aromatic N) is 1. The third-order valence-corrected chi connectivity index (χ3v) is 2.81. The minimum atomic E-state index is 0. The topological polar surface area (TPSA) is 3.24 Å². The van der Waals surface area contributed by atoms with Crippen molar-refractivity contribution in [2.75, 3.05) is 14.1 Å². The number of rotatable bonds is 5. The molecule has 16 heavy (non-hydrogen) atoms. The molecule has 1 atom stereocenters. The van der Waals surface area contributed by atoms with E-state index in [1.807, 2.05) is 6.08 Å². The highest BCUT2D eigenvalue weighted by atomic mass is 35.5. The van der Waals surface area contributed by atoms with Crippen molar-refractivity contribution >= 4 is 12.4 Å². The summed E-state index contributed by atoms with van der Waals surface area (Å²) in [6.07, 6.45) is 4.16. The van der Waals surface area contributed by atoms with Crippen LogP contribution in [0, 0.1) is 0 Å². The van der Waals surface area contributed by atoms with Gasteiger partial charge < -0.3 is 4.90 Å². The van der Waals surface area contributed by atoms with E-state index in [0.717, 1.165) is 12.8 Å². The summed E-state index contributed by atoms with van der Waals surface area (Å²) in [6, 6.07) is 9.30. The molecule has 1 aromatic carbocycles. The third kappa shape index (κ3) is 4.38. The molecule has 1 rings (SSSR count). The lowest BCUT2D eigenvalue weighted by molar-refractivity contribution is 0.342. The van der Waals surface area contributed by atoms with Gasteiger partial charge in [-0.1, -0.05) is 37.3 Å². The Morgan fingerprint density at radius 1 is 1.19 bits per heavy atom. The zero-order valence-corrected chi connectivity index (χ0v) is 11.3. The van der Waals surface area contributed by atoms with E-state index < -0.39 is 0 Å². The Labute approximate surface area is 106 Å². The van der Waals surface area contributed by atoms with Crippen LogP contribution in [0.4, 0.5) is 0 Å². The summed E-state index contributed by atoms with van der Waals surface area (Å²) in [5.74, 6) is 0. The summed E-state index contributed by atoms with van der Waals surface area (Å²) < 4.78 is 0. The molecule has 90 valence electrons. The Morgan fingerprint density at radius 3 is 2.06 bits per heavy atom. The molecule has 0 N–H and O–H groups in total. The predicted octanol–water partition coefficient (Wildman–Crippen LogP) is 3.33. The van der Waals surface area contributed by atoms with Crippen LogP contribution in [0.25, 0.3) is 0 Å². The standard InChI is InChI=1S/C14H21N.ClH/c1-5-12-7-9-13(10-8-12)11-14(6-2)15(3)4;/h6-10,14H,2,5,11H2,1,3-4H3;1H. The molecule has 1 unspecified atom stereocenters. The van der Waals surface area contributed by atoms with Gasteiger partial charge in [0.15, 0.2) is 0 Å². The summed E-state index contributed by atoms with van der Waals surface area (Å²) in [4.78, 5) is 2.20. The number of likely N-dealkylation sites (N-methyl/N-ethyl adjacent to an activating group) is 1. The van der Waals surface area contributed by atoms with Crippen molar-refractivity contribution in [2.45, 2.75) is 25.8 Å². The van der Waals surface area contributed by atoms with Gasteiger partial charge in [0, 0.05) is 6.04 Å². The van der Waals surface area contributed by atoms with E-state index in [1.54, 1.807) is 0 Å². The first-order valence-electron chi connectivity index (χ1n) is 5.54. The maximum atomic E-state index is 3.87. The van der Waals surface area contributed by atoms with Crippen molar-refractivity contribution in [3.05, 3.63) is 48.0 Å². The molecule has 0 heterocycles. The molecular formula is C14H22ClN. The minimum Gasteiger partial charge on any atom is -0.303 e. The van der Waals surface area contributed by atoms with Gasteiger partial charge in [0.05, 0.1) is 0 Å². The molecule has 0 saturated heterocycles. The van der Waals surface area contributed by atoms with Crippen LogP contribution in [0.5, 0.6) is 0 Å². The van der Waals surface area contributed by atoms with Crippen LogP contribution in [0.1, 0.15) is 18.1 Å². The minimum absolute atomic E-state index is 0. The molecule has 0 aliphatic rings. The normalized spacial score (nSPS) is 12.0. The molecule has 0 amide bonds. The fraction of sp³-hybridized carbons (Fsp3) is 0.429. The number of hydrogen-bond donors (Lipinski definition) is 0. The van der Waals surface area contributed by atoms with Crippen molar-refractivity contribution in [2.24, 2.45) is 0 Å². The van der Waals surface area contributed by atoms with Crippen LogP contribution in [-0.4, -0.2) is 25.0 Å². The van der Waals surface area contributed by atoms with Gasteiger partial charge in [0.2, 0.25) is 0 Å². The van der Waals surface area contributed by atoms with Gasteiger partial charge >= 0.3 is 0 Å². The van der Waals surface area contributed by atoms with Crippen LogP contribution in [-0.2, 0) is 12.8 Å². The highest BCUT2D eigenvalue weighted by Gasteiger charge is 2.07. The molecule has 0 aliphatic carbocycles. The Morgan fingerprint density at radius 2 is 1.69 bits per heavy atom. The van der Waals surface area contributed by atoms with Gasteiger partial charge in [-0.25, -0.2) is 0 Å². The molecule has 1 nitrogen and oxygen atoms in total. The maximum Gasteiger partial charge on any atom is 0.0309 e. The number of aryl methyl sites for hydroxylation is 1. The lowest BCUT2D eigenvalue weighted by Crippen LogP contribution is -2.27. The molecule has 1 aromatic rings. The quantitative estimate of drug-likeness (QED) is 0.713. The fourth-order valence-electron chi connectivity index (χ4n) is 1.63. The second-order valence-corrected chi connectivity index (χ2v) is 4.14. The van der Waals surface area contributed by atoms with Crippen molar-refractivity contribution < 1.29 is 0 Å². The average molecular weight is 240 g/mol. The zero-order valence-electron chi connectivity index (χ0n) is 10.4. The molecule has 0 radical (unpaired) electrons. The van der Waals surface area contributed by atoms with Crippen molar-refractivity contribution in [3.63, 3.8) is 0 Å². The first kappa shape index (κ1) is 15.2. The van der Waals surface area contributed by atoms with Gasteiger partial charge in [0.25, 0.3) is 0 Å². The molecule has 2 heteroatoms. The number of hydrogen-bond acceptors (Lipinski definition) is 1. The van der Waals surface area contributed by atoms with Gasteiger partial charge in [-0.3, -0.25) is 0 Å². The van der Waals surface area contributed by atoms with Crippen LogP contribution in [0.3, 0.4) is 0 Å². The first-order chi connectivity index (χ1) is 7.17. The molecule has 0 spiro atoms. The van der Waals surface area contributed by atoms with E-state index >= 15 is 0 Å². The molecule has 0 aliphatic heterocycles. The van der Waals surface area contributed by atoms with E-state index in [1.165, 1.54) is 11.1 Å². The monoisotopic (exact) mass is 239 g/mol.